The lowest BCUT2D eigenvalue weighted by Gasteiger charge is -2.41. The summed E-state index contributed by atoms with van der Waals surface area (Å²) in [4.78, 5) is 55.8. The highest BCUT2D eigenvalue weighted by Crippen LogP contribution is 2.47. The maximum absolute atomic E-state index is 15.4. The first-order valence-electron chi connectivity index (χ1n) is 30.6. The smallest absolute Gasteiger partial charge is 0.407 e. The number of ketones is 1. The predicted molar refractivity (Wildman–Crippen MR) is 335 cm³/mol. The number of allylic oxidation sites excluding steroid dienone is 1. The largest absolute Gasteiger partial charge is 0.453 e. The number of benzene rings is 4. The van der Waals surface area contributed by atoms with Crippen LogP contribution in [0.3, 0.4) is 0 Å². The molecule has 0 radical (unpaired) electrons. The van der Waals surface area contributed by atoms with Gasteiger partial charge in [-0.05, 0) is 197 Å². The van der Waals surface area contributed by atoms with Gasteiger partial charge in [0.2, 0.25) is 5.91 Å². The molecule has 0 bridgehead atoms. The molecule has 4 aromatic carbocycles. The predicted octanol–water partition coefficient (Wildman–Crippen LogP) is 16.2. The molecule has 3 amide bonds. The number of carbonyl (C=O) groups is 4. The molecule has 7 rings (SSSR count). The Morgan fingerprint density at radius 1 is 0.718 bits per heavy atom. The van der Waals surface area contributed by atoms with Crippen molar-refractivity contribution < 1.29 is 46.2 Å². The molecule has 2 fully saturated rings. The summed E-state index contributed by atoms with van der Waals surface area (Å²) in [5.41, 5.74) is 9.89. The molecule has 6 atom stereocenters. The zero-order valence-electron chi connectivity index (χ0n) is 53.3. The second-order valence-corrected chi connectivity index (χ2v) is 24.7. The number of aryl methyl sites for hydroxylation is 4. The molecule has 2 aliphatic heterocycles. The molecule has 1 spiro atoms. The average Bonchev–Trinajstić information content (AvgIpc) is 2.13. The van der Waals surface area contributed by atoms with Gasteiger partial charge in [-0.25, -0.2) is 27.2 Å². The highest BCUT2D eigenvalue weighted by molar-refractivity contribution is 5.95. The Morgan fingerprint density at radius 2 is 1.28 bits per heavy atom. The number of nitrogens with one attached hydrogen (secondary N) is 3. The normalized spacial score (nSPS) is 17.1. The van der Waals surface area contributed by atoms with Crippen molar-refractivity contribution in [3.8, 4) is 0 Å². The monoisotopic (exact) mass is 1180 g/mol. The molecule has 85 heavy (non-hydrogen) atoms. The number of carbonyl (C=O) groups excluding carboxylic acids is 4. The van der Waals surface area contributed by atoms with Gasteiger partial charge < -0.3 is 35.2 Å². The maximum atomic E-state index is 15.4. The molecule has 12 nitrogen and oxygen atoms in total. The minimum Gasteiger partial charge on any atom is -0.453 e. The minimum absolute atomic E-state index is 0.0562. The summed E-state index contributed by atoms with van der Waals surface area (Å²) in [5, 5.41) is 8.48. The number of likely N-dealkylation sites (tertiary alicyclic amines) is 1. The second-order valence-electron chi connectivity index (χ2n) is 24.7. The van der Waals surface area contributed by atoms with E-state index in [9.17, 15) is 28.0 Å². The van der Waals surface area contributed by atoms with Crippen molar-refractivity contribution in [3.63, 3.8) is 0 Å². The van der Waals surface area contributed by atoms with Gasteiger partial charge in [0.25, 0.3) is 0 Å². The Morgan fingerprint density at radius 3 is 1.85 bits per heavy atom. The van der Waals surface area contributed by atoms with E-state index in [1.165, 1.54) is 56.9 Å². The number of piperidine rings is 1. The second kappa shape index (κ2) is 31.6. The third-order valence-electron chi connectivity index (χ3n) is 17.6. The van der Waals surface area contributed by atoms with E-state index < -0.39 is 35.9 Å². The number of unbranched alkanes of at least 4 members (excludes halogenated alkanes) is 1. The summed E-state index contributed by atoms with van der Waals surface area (Å²) in [6, 6.07) is 17.0. The standard InChI is InChI=1S/C41H60F2N4O3.C20H21F2N.C8H15NO3/c1-12-13-15-25(4)30(9)44-37-23-35(43)32(20-28(37)7)26(5)17-18-27(6)33-22-36(29(8)21-34(33)42)45-31(10)38-16-14-19-47(38)40(48)39(24(2)3)46-41(49)50-11;1-14-12-17(21)19(18(22)13-14)23-10-8-20(9-11-23)7-6-15-4-2-3-5-16(15)20;1-5(2)7(6(3)10)9-8(11)12-4/h20-27,38-39,44H,9,12-19H2,1-8,10-11H3,(H,46,49);2-5,12-13H,6-11H2,1H3;5,7H,1-4H3,(H,9,11)/t25-,26?,27+,38?,39?;;7-/m0.0/s1. The first-order valence-corrected chi connectivity index (χ1v) is 30.6. The van der Waals surface area contributed by atoms with Crippen LogP contribution in [-0.4, -0.2) is 86.5 Å². The Hall–Kier alpha value is -6.71. The van der Waals surface area contributed by atoms with Crippen LogP contribution in [0.2, 0.25) is 0 Å². The van der Waals surface area contributed by atoms with Crippen LogP contribution in [0.1, 0.15) is 184 Å². The Balaban J connectivity index is 0.000000305. The number of aliphatic imine (C=N–C) groups is 1. The number of halogens is 4. The molecule has 466 valence electrons. The van der Waals surface area contributed by atoms with Gasteiger partial charge in [-0.2, -0.15) is 0 Å². The molecule has 3 aliphatic rings. The summed E-state index contributed by atoms with van der Waals surface area (Å²) in [6.07, 6.45) is 9.26. The number of Topliss-reactive ketones (excluding diaryl/α,β-unsaturated/α-hetero) is 1. The zero-order valence-corrected chi connectivity index (χ0v) is 53.3. The number of ether oxygens (including phenoxy) is 2. The number of nitrogens with zero attached hydrogens (tertiary/aromatic N) is 3. The Bertz CT molecular complexity index is 2970. The van der Waals surface area contributed by atoms with Crippen LogP contribution in [0.25, 0.3) is 0 Å². The van der Waals surface area contributed by atoms with E-state index in [1.807, 2.05) is 79.3 Å². The molecule has 4 aromatic rings. The SMILES string of the molecule is C=C(Nc1cc(F)c(C(C)CC[C@@H](C)c2cc(N=C(C)C3CCCN3C(=O)C(NC(=O)OC)C(C)C)c(C)cc2F)cc1C)[C@@H](C)CCCC.COC(=O)N[C@H](C(C)=O)C(C)C.Cc1cc(F)c(N2CCC3(CCc4ccccc43)CC2)c(F)c1. The molecule has 3 unspecified atom stereocenters. The lowest BCUT2D eigenvalue weighted by molar-refractivity contribution is -0.134. The van der Waals surface area contributed by atoms with E-state index in [0.717, 1.165) is 74.0 Å². The quantitative estimate of drug-likeness (QED) is 0.0587. The van der Waals surface area contributed by atoms with E-state index in [0.29, 0.717) is 66.3 Å². The van der Waals surface area contributed by atoms with Crippen molar-refractivity contribution in [3.05, 3.63) is 135 Å². The Labute approximate surface area is 504 Å². The summed E-state index contributed by atoms with van der Waals surface area (Å²) in [7, 11) is 2.55. The van der Waals surface area contributed by atoms with Crippen LogP contribution in [0.4, 0.5) is 44.2 Å². The summed E-state index contributed by atoms with van der Waals surface area (Å²) < 4.78 is 68.4. The van der Waals surface area contributed by atoms with Crippen LogP contribution in [0.5, 0.6) is 0 Å². The van der Waals surface area contributed by atoms with Gasteiger partial charge >= 0.3 is 12.2 Å². The lowest BCUT2D eigenvalue weighted by Crippen LogP contribution is -2.53. The molecule has 2 saturated heterocycles. The van der Waals surface area contributed by atoms with Crippen molar-refractivity contribution in [1.29, 1.82) is 0 Å². The third-order valence-corrected chi connectivity index (χ3v) is 17.6. The first-order chi connectivity index (χ1) is 40.2. The van der Waals surface area contributed by atoms with Crippen molar-refractivity contribution in [1.82, 2.24) is 15.5 Å². The molecular formula is C69H96F4N6O6. The van der Waals surface area contributed by atoms with Crippen molar-refractivity contribution in [2.24, 2.45) is 22.7 Å². The molecule has 3 N–H and O–H groups in total. The molecule has 16 heteroatoms. The molecule has 2 heterocycles. The van der Waals surface area contributed by atoms with Crippen LogP contribution in [-0.2, 0) is 30.9 Å². The van der Waals surface area contributed by atoms with Crippen molar-refractivity contribution >= 4 is 46.7 Å². The third kappa shape index (κ3) is 18.2. The summed E-state index contributed by atoms with van der Waals surface area (Å²) in [6.45, 7) is 30.9. The fourth-order valence-electron chi connectivity index (χ4n) is 12.2. The fraction of sp³-hybridized carbons (Fsp3) is 0.551. The molecule has 1 aliphatic carbocycles. The Kier molecular flexibility index (Phi) is 25.7. The van der Waals surface area contributed by atoms with Crippen LogP contribution in [0, 0.1) is 61.8 Å². The van der Waals surface area contributed by atoms with Crippen LogP contribution in [0.15, 0.2) is 77.9 Å². The topological polar surface area (TPSA) is 142 Å². The highest BCUT2D eigenvalue weighted by Gasteiger charge is 2.42. The average molecular weight is 1180 g/mol. The number of alkyl carbamates (subject to hydrolysis) is 2. The van der Waals surface area contributed by atoms with Crippen molar-refractivity contribution in [2.45, 2.75) is 196 Å². The zero-order chi connectivity index (χ0) is 63.0. The first kappa shape index (κ1) is 69.1. The fourth-order valence-corrected chi connectivity index (χ4v) is 12.2. The van der Waals surface area contributed by atoms with Gasteiger partial charge in [-0.3, -0.25) is 14.6 Å². The molecule has 0 aromatic heterocycles. The number of methoxy groups -OCH3 is 2. The van der Waals surface area contributed by atoms with E-state index in [-0.39, 0.29) is 64.1 Å². The minimum atomic E-state index is -0.714. The number of hydrogen-bond acceptors (Lipinski definition) is 9. The number of amides is 3. The molecular weight excluding hydrogens is 1080 g/mol. The highest BCUT2D eigenvalue weighted by atomic mass is 19.1. The van der Waals surface area contributed by atoms with Gasteiger partial charge in [0, 0.05) is 36.7 Å². The van der Waals surface area contributed by atoms with E-state index in [2.05, 4.69) is 65.4 Å². The van der Waals surface area contributed by atoms with Gasteiger partial charge in [-0.15, -0.1) is 0 Å². The summed E-state index contributed by atoms with van der Waals surface area (Å²) >= 11 is 0. The van der Waals surface area contributed by atoms with E-state index in [1.54, 1.807) is 17.9 Å². The summed E-state index contributed by atoms with van der Waals surface area (Å²) in [5.74, 6) is -1.55. The van der Waals surface area contributed by atoms with Gasteiger partial charge in [0.05, 0.1) is 32.0 Å². The van der Waals surface area contributed by atoms with Gasteiger partial charge in [0.1, 0.15) is 35.0 Å². The van der Waals surface area contributed by atoms with Gasteiger partial charge in [0.15, 0.2) is 5.78 Å². The van der Waals surface area contributed by atoms with E-state index >= 15 is 8.78 Å². The van der Waals surface area contributed by atoms with Crippen LogP contribution >= 0.6 is 0 Å². The number of rotatable bonds is 20. The van der Waals surface area contributed by atoms with Crippen molar-refractivity contribution in [2.75, 3.05) is 44.1 Å². The van der Waals surface area contributed by atoms with E-state index in [4.69, 9.17) is 9.73 Å². The van der Waals surface area contributed by atoms with Crippen LogP contribution < -0.4 is 20.9 Å². The number of fused-ring (bicyclic) bond motifs is 2. The number of hydrogen-bond donors (Lipinski definition) is 3. The lowest BCUT2D eigenvalue weighted by atomic mass is 9.74. The number of anilines is 2. The molecule has 0 saturated carbocycles. The maximum Gasteiger partial charge on any atom is 0.407 e. The van der Waals surface area contributed by atoms with Gasteiger partial charge in [-0.1, -0.05) is 105 Å².